The number of aryl methyl sites for hydroxylation is 1. The van der Waals surface area contributed by atoms with Crippen LogP contribution in [0, 0.1) is 5.92 Å². The molecule has 8 nitrogen and oxygen atoms in total. The summed E-state index contributed by atoms with van der Waals surface area (Å²) in [4.78, 5) is 30.9. The molecule has 2 heterocycles. The average molecular weight is 479 g/mol. The van der Waals surface area contributed by atoms with E-state index in [1.54, 1.807) is 37.6 Å². The number of aromatic nitrogens is 1. The highest BCUT2D eigenvalue weighted by Crippen LogP contribution is 2.48. The first-order valence-electron chi connectivity index (χ1n) is 11.6. The number of pyridine rings is 1. The summed E-state index contributed by atoms with van der Waals surface area (Å²) in [6.45, 7) is 4.05. The molecule has 0 radical (unpaired) electrons. The van der Waals surface area contributed by atoms with Gasteiger partial charge >= 0.3 is 5.97 Å². The number of carbonyl (C=O) groups excluding carboxylic acids is 1. The lowest BCUT2D eigenvalue weighted by molar-refractivity contribution is 0.0524. The number of ether oxygens (including phenoxy) is 2. The largest absolute Gasteiger partial charge is 0.494 e. The maximum Gasteiger partial charge on any atom is 0.343 e. The predicted molar refractivity (Wildman–Crippen MR) is 132 cm³/mol. The maximum absolute atomic E-state index is 13.3. The number of benzene rings is 1. The molecule has 2 aromatic heterocycles. The van der Waals surface area contributed by atoms with Crippen molar-refractivity contribution < 1.29 is 14.3 Å². The zero-order chi connectivity index (χ0) is 24.0. The van der Waals surface area contributed by atoms with Crippen LogP contribution >= 0.6 is 11.3 Å². The van der Waals surface area contributed by atoms with Crippen molar-refractivity contribution in [3.05, 3.63) is 61.1 Å². The molecule has 0 amide bonds. The zero-order valence-corrected chi connectivity index (χ0v) is 20.2. The van der Waals surface area contributed by atoms with Crippen molar-refractivity contribution in [1.82, 2.24) is 4.57 Å². The molecule has 0 saturated heterocycles. The van der Waals surface area contributed by atoms with Gasteiger partial charge in [0.05, 0.1) is 30.7 Å². The number of azide groups is 1. The molecule has 34 heavy (non-hydrogen) atoms. The Morgan fingerprint density at radius 2 is 2.12 bits per heavy atom. The lowest BCUT2D eigenvalue weighted by Gasteiger charge is -2.24. The summed E-state index contributed by atoms with van der Waals surface area (Å²) in [6.07, 6.45) is 5.50. The first-order chi connectivity index (χ1) is 16.5. The number of carbonyl (C=O) groups is 1. The fraction of sp³-hybridized carbons (Fsp3) is 0.440. The summed E-state index contributed by atoms with van der Waals surface area (Å²) in [7, 11) is 1.61. The summed E-state index contributed by atoms with van der Waals surface area (Å²) in [5, 5.41) is 4.52. The normalized spacial score (nSPS) is 19.4. The van der Waals surface area contributed by atoms with Crippen LogP contribution in [0.2, 0.25) is 0 Å². The lowest BCUT2D eigenvalue weighted by atomic mass is 9.86. The SMILES string of the molecule is CCOC(=O)c1cn(C2CC2)c2c(OC)c(-c3cc4c(s3)C(N=[N+]=[N-])C(C)CC4)ccc2c1=O. The highest BCUT2D eigenvalue weighted by molar-refractivity contribution is 7.15. The Hall–Kier alpha value is -3.29. The minimum absolute atomic E-state index is 0.0498. The topological polar surface area (TPSA) is 106 Å². The smallest absolute Gasteiger partial charge is 0.343 e. The number of rotatable bonds is 6. The average Bonchev–Trinajstić information content (AvgIpc) is 3.59. The van der Waals surface area contributed by atoms with Crippen LogP contribution in [0.1, 0.15) is 66.0 Å². The molecule has 0 spiro atoms. The second-order valence-electron chi connectivity index (χ2n) is 8.94. The lowest BCUT2D eigenvalue weighted by Crippen LogP contribution is -2.21. The van der Waals surface area contributed by atoms with Crippen LogP contribution < -0.4 is 10.2 Å². The summed E-state index contributed by atoms with van der Waals surface area (Å²) < 4.78 is 13.0. The van der Waals surface area contributed by atoms with E-state index in [1.165, 1.54) is 5.56 Å². The molecular weight excluding hydrogens is 452 g/mol. The standard InChI is InChI=1S/C25H26N4O4S/c1-4-33-25(31)18-12-29(15-7-8-15)21-17(22(18)30)10-9-16(23(21)32-3)19-11-14-6-5-13(2)20(27-28-26)24(14)34-19/h9-13,15,20H,4-8H2,1-3H3. The van der Waals surface area contributed by atoms with Gasteiger partial charge in [-0.3, -0.25) is 4.79 Å². The van der Waals surface area contributed by atoms with E-state index in [4.69, 9.17) is 15.0 Å². The second kappa shape index (κ2) is 8.81. The fourth-order valence-electron chi connectivity index (χ4n) is 4.86. The quantitative estimate of drug-likeness (QED) is 0.182. The summed E-state index contributed by atoms with van der Waals surface area (Å²) in [5.41, 5.74) is 11.6. The van der Waals surface area contributed by atoms with E-state index in [2.05, 4.69) is 23.0 Å². The Kier molecular flexibility index (Phi) is 5.83. The first-order valence-corrected chi connectivity index (χ1v) is 12.4. The summed E-state index contributed by atoms with van der Waals surface area (Å²) in [6, 6.07) is 5.87. The van der Waals surface area contributed by atoms with Crippen molar-refractivity contribution >= 4 is 28.2 Å². The van der Waals surface area contributed by atoms with Crippen LogP contribution in [-0.2, 0) is 11.2 Å². The molecule has 2 aliphatic rings. The van der Waals surface area contributed by atoms with Gasteiger partial charge in [-0.1, -0.05) is 12.0 Å². The van der Waals surface area contributed by atoms with Crippen molar-refractivity contribution in [2.45, 2.75) is 51.6 Å². The molecule has 5 rings (SSSR count). The minimum Gasteiger partial charge on any atom is -0.494 e. The van der Waals surface area contributed by atoms with Gasteiger partial charge in [-0.2, -0.15) is 0 Å². The Morgan fingerprint density at radius 3 is 2.79 bits per heavy atom. The Balaban J connectivity index is 1.72. The van der Waals surface area contributed by atoms with Crippen molar-refractivity contribution in [1.29, 1.82) is 0 Å². The van der Waals surface area contributed by atoms with Crippen LogP contribution in [0.25, 0.3) is 31.8 Å². The van der Waals surface area contributed by atoms with Gasteiger partial charge in [0.25, 0.3) is 0 Å². The van der Waals surface area contributed by atoms with Gasteiger partial charge in [-0.05, 0) is 67.8 Å². The van der Waals surface area contributed by atoms with Gasteiger partial charge in [-0.25, -0.2) is 4.79 Å². The molecule has 0 bridgehead atoms. The molecule has 3 aromatic rings. The number of methoxy groups -OCH3 is 1. The summed E-state index contributed by atoms with van der Waals surface area (Å²) >= 11 is 1.62. The number of fused-ring (bicyclic) bond motifs is 2. The number of nitrogens with zero attached hydrogens (tertiary/aromatic N) is 4. The van der Waals surface area contributed by atoms with Gasteiger partial charge in [0.1, 0.15) is 5.56 Å². The second-order valence-corrected chi connectivity index (χ2v) is 10.0. The number of thiophene rings is 1. The van der Waals surface area contributed by atoms with E-state index < -0.39 is 5.97 Å². The van der Waals surface area contributed by atoms with E-state index in [0.29, 0.717) is 16.7 Å². The summed E-state index contributed by atoms with van der Waals surface area (Å²) in [5.74, 6) is 0.301. The van der Waals surface area contributed by atoms with Gasteiger partial charge < -0.3 is 14.0 Å². The van der Waals surface area contributed by atoms with Crippen molar-refractivity contribution in [3.8, 4) is 16.2 Å². The zero-order valence-electron chi connectivity index (χ0n) is 19.4. The minimum atomic E-state index is -0.601. The number of hydrogen-bond acceptors (Lipinski definition) is 6. The first kappa shape index (κ1) is 22.5. The third-order valence-electron chi connectivity index (χ3n) is 6.75. The molecule has 1 fully saturated rings. The monoisotopic (exact) mass is 478 g/mol. The molecule has 9 heteroatoms. The van der Waals surface area contributed by atoms with E-state index in [-0.39, 0.29) is 35.6 Å². The maximum atomic E-state index is 13.3. The van der Waals surface area contributed by atoms with Crippen LogP contribution in [0.3, 0.4) is 0 Å². The van der Waals surface area contributed by atoms with Gasteiger partial charge in [0.15, 0.2) is 5.75 Å². The molecule has 2 atom stereocenters. The molecule has 1 saturated carbocycles. The third kappa shape index (κ3) is 3.65. The van der Waals surface area contributed by atoms with E-state index >= 15 is 0 Å². The Bertz CT molecular complexity index is 1400. The molecule has 1 aromatic carbocycles. The van der Waals surface area contributed by atoms with Gasteiger partial charge in [-0.15, -0.1) is 11.3 Å². The molecule has 0 N–H and O–H groups in total. The van der Waals surface area contributed by atoms with Crippen LogP contribution in [0.4, 0.5) is 0 Å². The molecule has 2 unspecified atom stereocenters. The number of esters is 1. The van der Waals surface area contributed by atoms with E-state index in [0.717, 1.165) is 41.0 Å². The van der Waals surface area contributed by atoms with Gasteiger partial charge in [0.2, 0.25) is 5.43 Å². The highest BCUT2D eigenvalue weighted by Gasteiger charge is 2.31. The van der Waals surface area contributed by atoms with E-state index in [9.17, 15) is 9.59 Å². The van der Waals surface area contributed by atoms with Crippen molar-refractivity contribution in [3.63, 3.8) is 0 Å². The third-order valence-corrected chi connectivity index (χ3v) is 8.03. The van der Waals surface area contributed by atoms with Crippen molar-refractivity contribution in [2.24, 2.45) is 11.0 Å². The van der Waals surface area contributed by atoms with Crippen LogP contribution in [-0.4, -0.2) is 24.3 Å². The van der Waals surface area contributed by atoms with E-state index in [1.807, 2.05) is 10.6 Å². The molecule has 176 valence electrons. The van der Waals surface area contributed by atoms with Crippen molar-refractivity contribution in [2.75, 3.05) is 13.7 Å². The van der Waals surface area contributed by atoms with Gasteiger partial charge in [0, 0.05) is 32.5 Å². The Labute approximate surface area is 200 Å². The fourth-order valence-corrected chi connectivity index (χ4v) is 6.26. The molecule has 0 aliphatic heterocycles. The molecular formula is C25H26N4O4S. The number of hydrogen-bond donors (Lipinski definition) is 0. The van der Waals surface area contributed by atoms with Crippen LogP contribution in [0.15, 0.2) is 34.3 Å². The highest BCUT2D eigenvalue weighted by atomic mass is 32.1. The molecule has 2 aliphatic carbocycles. The van der Waals surface area contributed by atoms with Crippen LogP contribution in [0.5, 0.6) is 5.75 Å². The predicted octanol–water partition coefficient (Wildman–Crippen LogP) is 6.18. The Morgan fingerprint density at radius 1 is 1.32 bits per heavy atom.